The minimum atomic E-state index is -3.77. The third kappa shape index (κ3) is 2.47. The van der Waals surface area contributed by atoms with Gasteiger partial charge in [0.2, 0.25) is 0 Å². The number of anilines is 1. The SMILES string of the molecule is Nc1ncnc2c1ncn2[C@@H]1O[C@H](COP2(=O)OOO2)[C@@H](O)[C@H]1O. The van der Waals surface area contributed by atoms with Gasteiger partial charge in [0.15, 0.2) is 17.7 Å². The van der Waals surface area contributed by atoms with Crippen molar-refractivity contribution in [3.05, 3.63) is 12.7 Å². The van der Waals surface area contributed by atoms with Gasteiger partial charge in [-0.1, -0.05) is 9.35 Å². The maximum absolute atomic E-state index is 11.5. The molecule has 0 amide bonds. The van der Waals surface area contributed by atoms with Gasteiger partial charge < -0.3 is 20.7 Å². The summed E-state index contributed by atoms with van der Waals surface area (Å²) in [6.07, 6.45) is -2.04. The monoisotopic (exact) mass is 361 g/mol. The largest absolute Gasteiger partial charge is 0.534 e. The summed E-state index contributed by atoms with van der Waals surface area (Å²) in [7, 11) is -3.77. The number of nitrogens with zero attached hydrogens (tertiary/aromatic N) is 4. The Kier molecular flexibility index (Phi) is 3.74. The number of phosphoric acid groups is 1. The van der Waals surface area contributed by atoms with E-state index >= 15 is 0 Å². The molecular weight excluding hydrogens is 349 g/mol. The van der Waals surface area contributed by atoms with Crippen molar-refractivity contribution in [1.82, 2.24) is 19.5 Å². The fourth-order valence-corrected chi connectivity index (χ4v) is 3.02. The lowest BCUT2D eigenvalue weighted by Crippen LogP contribution is -2.34. The van der Waals surface area contributed by atoms with Gasteiger partial charge in [0, 0.05) is 0 Å². The van der Waals surface area contributed by atoms with Crippen molar-refractivity contribution in [2.45, 2.75) is 24.5 Å². The lowest BCUT2D eigenvalue weighted by molar-refractivity contribution is -0.499. The maximum atomic E-state index is 11.5. The van der Waals surface area contributed by atoms with Crippen LogP contribution in [0, 0.1) is 0 Å². The molecule has 13 nitrogen and oxygen atoms in total. The molecule has 4 atom stereocenters. The lowest BCUT2D eigenvalue weighted by atomic mass is 10.1. The number of nitrogens with two attached hydrogens (primary N) is 1. The summed E-state index contributed by atoms with van der Waals surface area (Å²) in [5, 5.41) is 24.2. The summed E-state index contributed by atoms with van der Waals surface area (Å²) in [4.78, 5) is 11.9. The Balaban J connectivity index is 1.55. The smallest absolute Gasteiger partial charge is 0.387 e. The maximum Gasteiger partial charge on any atom is 0.534 e. The van der Waals surface area contributed by atoms with Gasteiger partial charge in [-0.05, 0) is 5.04 Å². The van der Waals surface area contributed by atoms with Crippen LogP contribution in [0.3, 0.4) is 0 Å². The minimum Gasteiger partial charge on any atom is -0.387 e. The third-order valence-electron chi connectivity index (χ3n) is 3.64. The number of imidazole rings is 1. The van der Waals surface area contributed by atoms with E-state index in [1.807, 2.05) is 0 Å². The van der Waals surface area contributed by atoms with Crippen LogP contribution in [0.4, 0.5) is 5.82 Å². The fourth-order valence-electron chi connectivity index (χ4n) is 2.44. The number of aliphatic hydroxyl groups excluding tert-OH is 2. The summed E-state index contributed by atoms with van der Waals surface area (Å²) >= 11 is 0. The van der Waals surface area contributed by atoms with Crippen molar-refractivity contribution in [3.63, 3.8) is 0 Å². The van der Waals surface area contributed by atoms with E-state index in [9.17, 15) is 14.8 Å². The van der Waals surface area contributed by atoms with E-state index in [0.717, 1.165) is 0 Å². The molecule has 0 radical (unpaired) electrons. The van der Waals surface area contributed by atoms with Gasteiger partial charge in [0.25, 0.3) is 0 Å². The van der Waals surface area contributed by atoms with E-state index in [2.05, 4.69) is 29.3 Å². The molecule has 0 unspecified atom stereocenters. The molecule has 24 heavy (non-hydrogen) atoms. The van der Waals surface area contributed by atoms with Crippen LogP contribution in [-0.2, 0) is 28.2 Å². The number of ether oxygens (including phenoxy) is 1. The van der Waals surface area contributed by atoms with Crippen LogP contribution in [0.5, 0.6) is 0 Å². The van der Waals surface area contributed by atoms with Crippen molar-refractivity contribution in [1.29, 1.82) is 0 Å². The number of fused-ring (bicyclic) bond motifs is 1. The Hall–Kier alpha value is -1.70. The topological polar surface area (TPSA) is 173 Å². The minimum absolute atomic E-state index is 0.170. The van der Waals surface area contributed by atoms with E-state index in [1.165, 1.54) is 17.2 Å². The lowest BCUT2D eigenvalue weighted by Gasteiger charge is -2.22. The average molecular weight is 361 g/mol. The molecule has 0 bridgehead atoms. The molecule has 0 aromatic carbocycles. The third-order valence-corrected chi connectivity index (χ3v) is 4.59. The van der Waals surface area contributed by atoms with Gasteiger partial charge in [-0.3, -0.25) is 9.09 Å². The van der Waals surface area contributed by atoms with Gasteiger partial charge in [-0.15, -0.1) is 0 Å². The number of aromatic nitrogens is 4. The molecule has 4 heterocycles. The predicted molar refractivity (Wildman–Crippen MR) is 72.5 cm³/mol. The second kappa shape index (κ2) is 5.68. The van der Waals surface area contributed by atoms with Gasteiger partial charge >= 0.3 is 7.82 Å². The highest BCUT2D eigenvalue weighted by Gasteiger charge is 2.47. The fraction of sp³-hybridized carbons (Fsp3) is 0.500. The first-order valence-corrected chi connectivity index (χ1v) is 8.18. The number of nitrogen functional groups attached to an aromatic ring is 1. The molecule has 0 spiro atoms. The Morgan fingerprint density at radius 3 is 2.79 bits per heavy atom. The average Bonchev–Trinajstić information content (AvgIpc) is 3.08. The standard InChI is InChI=1S/C10H12N5O8P/c11-8-5-9(13-2-12-8)15(3-14-5)10-7(17)6(16)4(20-10)1-19-24(18)22-21-23-24/h2-4,6-7,10,16-17H,1H2,(H2,11,12,13)/t4-,6-,7-,10-/m1/s1. The van der Waals surface area contributed by atoms with Crippen molar-refractivity contribution >= 4 is 24.8 Å². The highest BCUT2D eigenvalue weighted by atomic mass is 31.2. The second-order valence-corrected chi connectivity index (χ2v) is 6.54. The summed E-state index contributed by atoms with van der Waals surface area (Å²) in [6.45, 7) is -0.362. The first kappa shape index (κ1) is 15.8. The first-order valence-electron chi connectivity index (χ1n) is 6.72. The van der Waals surface area contributed by atoms with Gasteiger partial charge in [0.05, 0.1) is 12.9 Å². The summed E-state index contributed by atoms with van der Waals surface area (Å²) in [5.74, 6) is 0.170. The quantitative estimate of drug-likeness (QED) is 0.450. The van der Waals surface area contributed by atoms with Crippen LogP contribution in [0.2, 0.25) is 0 Å². The summed E-state index contributed by atoms with van der Waals surface area (Å²) in [5.41, 5.74) is 6.36. The van der Waals surface area contributed by atoms with Gasteiger partial charge in [-0.2, -0.15) is 0 Å². The molecular formula is C10H12N5O8P. The zero-order valence-electron chi connectivity index (χ0n) is 11.8. The first-order chi connectivity index (χ1) is 11.5. The van der Waals surface area contributed by atoms with E-state index in [4.69, 9.17) is 15.0 Å². The van der Waals surface area contributed by atoms with Crippen LogP contribution in [0.25, 0.3) is 11.2 Å². The van der Waals surface area contributed by atoms with E-state index in [1.54, 1.807) is 0 Å². The normalized spacial score (nSPS) is 32.1. The highest BCUT2D eigenvalue weighted by molar-refractivity contribution is 7.48. The Morgan fingerprint density at radius 1 is 1.29 bits per heavy atom. The Labute approximate surface area is 133 Å². The van der Waals surface area contributed by atoms with Crippen LogP contribution in [0.1, 0.15) is 6.23 Å². The molecule has 2 fully saturated rings. The van der Waals surface area contributed by atoms with Crippen molar-refractivity contribution in [3.8, 4) is 0 Å². The molecule has 2 saturated heterocycles. The molecule has 130 valence electrons. The number of hydrogen-bond donors (Lipinski definition) is 3. The van der Waals surface area contributed by atoms with Crippen LogP contribution < -0.4 is 5.73 Å². The highest BCUT2D eigenvalue weighted by Crippen LogP contribution is 2.58. The number of aliphatic hydroxyl groups is 2. The zero-order valence-corrected chi connectivity index (χ0v) is 12.7. The second-order valence-electron chi connectivity index (χ2n) is 5.09. The number of rotatable bonds is 4. The van der Waals surface area contributed by atoms with Crippen molar-refractivity contribution in [2.24, 2.45) is 0 Å². The van der Waals surface area contributed by atoms with Crippen molar-refractivity contribution < 1.29 is 38.4 Å². The van der Waals surface area contributed by atoms with Gasteiger partial charge in [-0.25, -0.2) is 19.5 Å². The van der Waals surface area contributed by atoms with Crippen molar-refractivity contribution in [2.75, 3.05) is 12.3 Å². The van der Waals surface area contributed by atoms with Gasteiger partial charge in [0.1, 0.15) is 30.2 Å². The molecule has 0 saturated carbocycles. The molecule has 14 heteroatoms. The molecule has 0 aliphatic carbocycles. The zero-order chi connectivity index (χ0) is 16.9. The molecule has 2 aliphatic rings. The number of hydrogen-bond acceptors (Lipinski definition) is 12. The van der Waals surface area contributed by atoms with Crippen LogP contribution >= 0.6 is 7.82 Å². The molecule has 2 aromatic rings. The summed E-state index contributed by atoms with van der Waals surface area (Å²) < 4.78 is 31.7. The molecule has 4 rings (SSSR count). The summed E-state index contributed by atoms with van der Waals surface area (Å²) in [6, 6.07) is 0. The Bertz CT molecular complexity index is 808. The molecule has 2 aromatic heterocycles. The Morgan fingerprint density at radius 2 is 2.08 bits per heavy atom. The van der Waals surface area contributed by atoms with Crippen LogP contribution in [-0.4, -0.2) is 54.7 Å². The van der Waals surface area contributed by atoms with E-state index in [0.29, 0.717) is 11.2 Å². The van der Waals surface area contributed by atoms with E-state index < -0.39 is 32.4 Å². The van der Waals surface area contributed by atoms with Crippen LogP contribution in [0.15, 0.2) is 12.7 Å². The molecule has 4 N–H and O–H groups in total. The predicted octanol–water partition coefficient (Wildman–Crippen LogP) is -0.954. The molecule has 2 aliphatic heterocycles. The van der Waals surface area contributed by atoms with E-state index in [-0.39, 0.29) is 12.4 Å².